The van der Waals surface area contributed by atoms with Crippen molar-refractivity contribution in [2.75, 3.05) is 6.61 Å². The number of terminal acetylenes is 1. The molecule has 0 bridgehead atoms. The van der Waals surface area contributed by atoms with E-state index in [1.807, 2.05) is 12.1 Å². The first-order chi connectivity index (χ1) is 7.27. The van der Waals surface area contributed by atoms with Gasteiger partial charge in [0.2, 0.25) is 0 Å². The summed E-state index contributed by atoms with van der Waals surface area (Å²) in [5, 5.41) is 0. The van der Waals surface area contributed by atoms with Gasteiger partial charge in [0.15, 0.2) is 0 Å². The van der Waals surface area contributed by atoms with Gasteiger partial charge in [0, 0.05) is 0 Å². The van der Waals surface area contributed by atoms with Crippen LogP contribution in [0.3, 0.4) is 0 Å². The zero-order valence-corrected chi connectivity index (χ0v) is 9.49. The van der Waals surface area contributed by atoms with Crippen molar-refractivity contribution in [3.05, 3.63) is 29.8 Å². The smallest absolute Gasteiger partial charge is 0.148 e. The average Bonchev–Trinajstić information content (AvgIpc) is 2.27. The molecule has 0 aliphatic carbocycles. The van der Waals surface area contributed by atoms with E-state index < -0.39 is 0 Å². The third-order valence-electron chi connectivity index (χ3n) is 2.49. The van der Waals surface area contributed by atoms with Crippen LogP contribution < -0.4 is 4.74 Å². The summed E-state index contributed by atoms with van der Waals surface area (Å²) >= 11 is 0. The van der Waals surface area contributed by atoms with Crippen LogP contribution >= 0.6 is 0 Å². The highest BCUT2D eigenvalue weighted by Crippen LogP contribution is 2.22. The Balaban J connectivity index is 2.60. The van der Waals surface area contributed by atoms with Gasteiger partial charge in [-0.05, 0) is 30.0 Å². The Kier molecular flexibility index (Phi) is 4.77. The minimum absolute atomic E-state index is 0.337. The first kappa shape index (κ1) is 11.7. The van der Waals surface area contributed by atoms with Gasteiger partial charge in [-0.25, -0.2) is 0 Å². The standard InChI is InChI=1S/C14H18O/c1-4-6-12(3)13-7-9-14(10-8-13)15-11-5-2/h2,7-10,12H,4,6,11H2,1,3H3. The number of hydrogen-bond donors (Lipinski definition) is 0. The van der Waals surface area contributed by atoms with Crippen molar-refractivity contribution in [3.8, 4) is 18.1 Å². The Hall–Kier alpha value is -1.42. The SMILES string of the molecule is C#CCOc1ccc(C(C)CCC)cc1. The molecule has 0 saturated carbocycles. The third kappa shape index (κ3) is 3.67. The van der Waals surface area contributed by atoms with Crippen LogP contribution in [0.4, 0.5) is 0 Å². The second-order valence-corrected chi connectivity index (χ2v) is 3.75. The first-order valence-electron chi connectivity index (χ1n) is 5.44. The molecule has 0 heterocycles. The maximum atomic E-state index is 5.31. The normalized spacial score (nSPS) is 11.8. The summed E-state index contributed by atoms with van der Waals surface area (Å²) in [4.78, 5) is 0. The van der Waals surface area contributed by atoms with Gasteiger partial charge in [0.25, 0.3) is 0 Å². The van der Waals surface area contributed by atoms with Crippen LogP contribution in [-0.2, 0) is 0 Å². The van der Waals surface area contributed by atoms with Crippen LogP contribution in [0.15, 0.2) is 24.3 Å². The molecule has 0 fully saturated rings. The van der Waals surface area contributed by atoms with Gasteiger partial charge < -0.3 is 4.74 Å². The van der Waals surface area contributed by atoms with Crippen LogP contribution in [0.25, 0.3) is 0 Å². The van der Waals surface area contributed by atoms with Gasteiger partial charge in [-0.3, -0.25) is 0 Å². The van der Waals surface area contributed by atoms with E-state index in [9.17, 15) is 0 Å². The fourth-order valence-electron chi connectivity index (χ4n) is 1.62. The van der Waals surface area contributed by atoms with Gasteiger partial charge in [0.05, 0.1) is 0 Å². The summed E-state index contributed by atoms with van der Waals surface area (Å²) in [6.07, 6.45) is 7.56. The maximum Gasteiger partial charge on any atom is 0.148 e. The molecule has 15 heavy (non-hydrogen) atoms. The number of hydrogen-bond acceptors (Lipinski definition) is 1. The van der Waals surface area contributed by atoms with Crippen molar-refractivity contribution < 1.29 is 4.74 Å². The summed E-state index contributed by atoms with van der Waals surface area (Å²) in [7, 11) is 0. The molecule has 1 unspecified atom stereocenters. The van der Waals surface area contributed by atoms with Crippen LogP contribution in [0.5, 0.6) is 5.75 Å². The molecule has 0 N–H and O–H groups in total. The minimum atomic E-state index is 0.337. The highest BCUT2D eigenvalue weighted by Gasteiger charge is 2.03. The number of ether oxygens (including phenoxy) is 1. The lowest BCUT2D eigenvalue weighted by molar-refractivity contribution is 0.370. The van der Waals surface area contributed by atoms with Crippen molar-refractivity contribution in [1.82, 2.24) is 0 Å². The van der Waals surface area contributed by atoms with Gasteiger partial charge in [-0.1, -0.05) is 38.3 Å². The van der Waals surface area contributed by atoms with Crippen LogP contribution in [0.2, 0.25) is 0 Å². The number of rotatable bonds is 5. The van der Waals surface area contributed by atoms with Gasteiger partial charge in [0.1, 0.15) is 12.4 Å². The summed E-state index contributed by atoms with van der Waals surface area (Å²) in [5.74, 6) is 3.92. The Morgan fingerprint density at radius 1 is 1.33 bits per heavy atom. The topological polar surface area (TPSA) is 9.23 Å². The van der Waals surface area contributed by atoms with Gasteiger partial charge in [-0.15, -0.1) is 6.42 Å². The molecule has 0 radical (unpaired) electrons. The molecule has 80 valence electrons. The lowest BCUT2D eigenvalue weighted by atomic mass is 9.97. The summed E-state index contributed by atoms with van der Waals surface area (Å²) in [6, 6.07) is 8.20. The zero-order chi connectivity index (χ0) is 11.1. The molecule has 0 aliphatic heterocycles. The van der Waals surface area contributed by atoms with Crippen LogP contribution in [0, 0.1) is 12.3 Å². The Morgan fingerprint density at radius 3 is 2.53 bits per heavy atom. The van der Waals surface area contributed by atoms with E-state index in [-0.39, 0.29) is 0 Å². The fraction of sp³-hybridized carbons (Fsp3) is 0.429. The minimum Gasteiger partial charge on any atom is -0.481 e. The largest absolute Gasteiger partial charge is 0.481 e. The highest BCUT2D eigenvalue weighted by molar-refractivity contribution is 5.29. The predicted octanol–water partition coefficient (Wildman–Crippen LogP) is 3.60. The number of benzene rings is 1. The molecule has 1 nitrogen and oxygen atoms in total. The van der Waals surface area contributed by atoms with Crippen molar-refractivity contribution in [2.45, 2.75) is 32.6 Å². The molecule has 0 aromatic heterocycles. The van der Waals surface area contributed by atoms with Crippen LogP contribution in [-0.4, -0.2) is 6.61 Å². The monoisotopic (exact) mass is 202 g/mol. The van der Waals surface area contributed by atoms with E-state index in [1.165, 1.54) is 18.4 Å². The maximum absolute atomic E-state index is 5.31. The molecule has 1 heteroatoms. The van der Waals surface area contributed by atoms with Crippen molar-refractivity contribution in [3.63, 3.8) is 0 Å². The molecule has 1 aromatic rings. The van der Waals surface area contributed by atoms with Crippen LogP contribution in [0.1, 0.15) is 38.2 Å². The summed E-state index contributed by atoms with van der Waals surface area (Å²) in [6.45, 7) is 4.80. The molecular weight excluding hydrogens is 184 g/mol. The van der Waals surface area contributed by atoms with Gasteiger partial charge in [-0.2, -0.15) is 0 Å². The fourth-order valence-corrected chi connectivity index (χ4v) is 1.62. The Labute approximate surface area is 92.5 Å². The molecular formula is C14H18O. The van der Waals surface area contributed by atoms with Crippen molar-refractivity contribution in [2.24, 2.45) is 0 Å². The lowest BCUT2D eigenvalue weighted by Crippen LogP contribution is -1.95. The van der Waals surface area contributed by atoms with E-state index in [0.29, 0.717) is 12.5 Å². The summed E-state index contributed by atoms with van der Waals surface area (Å²) < 4.78 is 5.31. The summed E-state index contributed by atoms with van der Waals surface area (Å²) in [5.41, 5.74) is 1.37. The predicted molar refractivity (Wildman–Crippen MR) is 64.1 cm³/mol. The van der Waals surface area contributed by atoms with Crippen molar-refractivity contribution in [1.29, 1.82) is 0 Å². The second-order valence-electron chi connectivity index (χ2n) is 3.75. The highest BCUT2D eigenvalue weighted by atomic mass is 16.5. The van der Waals surface area contributed by atoms with E-state index in [0.717, 1.165) is 5.75 Å². The quantitative estimate of drug-likeness (QED) is 0.663. The third-order valence-corrected chi connectivity index (χ3v) is 2.49. The molecule has 0 aliphatic rings. The Morgan fingerprint density at radius 2 is 2.00 bits per heavy atom. The van der Waals surface area contributed by atoms with E-state index in [2.05, 4.69) is 31.9 Å². The molecule has 0 spiro atoms. The average molecular weight is 202 g/mol. The molecule has 1 rings (SSSR count). The van der Waals surface area contributed by atoms with E-state index in [4.69, 9.17) is 11.2 Å². The molecule has 1 atom stereocenters. The van der Waals surface area contributed by atoms with Gasteiger partial charge >= 0.3 is 0 Å². The van der Waals surface area contributed by atoms with Crippen molar-refractivity contribution >= 4 is 0 Å². The first-order valence-corrected chi connectivity index (χ1v) is 5.44. The Bertz CT molecular complexity index is 318. The van der Waals surface area contributed by atoms with E-state index in [1.54, 1.807) is 0 Å². The molecule has 0 saturated heterocycles. The lowest BCUT2D eigenvalue weighted by Gasteiger charge is -2.11. The van der Waals surface area contributed by atoms with E-state index >= 15 is 0 Å². The zero-order valence-electron chi connectivity index (χ0n) is 9.49. The molecule has 0 amide bonds. The second kappa shape index (κ2) is 6.14. The molecule has 1 aromatic carbocycles.